The lowest BCUT2D eigenvalue weighted by atomic mass is 9.95. The van der Waals surface area contributed by atoms with Gasteiger partial charge in [0.1, 0.15) is 0 Å². The lowest BCUT2D eigenvalue weighted by Gasteiger charge is -2.32. The molecule has 6 nitrogen and oxygen atoms in total. The van der Waals surface area contributed by atoms with Crippen molar-refractivity contribution in [2.45, 2.75) is 39.0 Å². The average molecular weight is 327 g/mol. The van der Waals surface area contributed by atoms with Crippen molar-refractivity contribution in [1.82, 2.24) is 15.1 Å². The van der Waals surface area contributed by atoms with Crippen molar-refractivity contribution in [3.05, 3.63) is 18.0 Å². The molecule has 0 aromatic carbocycles. The summed E-state index contributed by atoms with van der Waals surface area (Å²) in [5.41, 5.74) is 1.05. The number of amides is 1. The first kappa shape index (κ1) is 17.0. The predicted molar refractivity (Wildman–Crippen MR) is 85.3 cm³/mol. The van der Waals surface area contributed by atoms with Gasteiger partial charge in [0.25, 0.3) is 0 Å². The number of carbonyl (C=O) groups is 1. The molecule has 1 fully saturated rings. The highest BCUT2D eigenvalue weighted by atomic mass is 32.2. The van der Waals surface area contributed by atoms with Crippen LogP contribution in [0.2, 0.25) is 0 Å². The Labute approximate surface area is 132 Å². The molecule has 1 unspecified atom stereocenters. The first-order valence-corrected chi connectivity index (χ1v) is 9.67. The van der Waals surface area contributed by atoms with Gasteiger partial charge in [-0.15, -0.1) is 0 Å². The summed E-state index contributed by atoms with van der Waals surface area (Å²) in [7, 11) is -3.13. The van der Waals surface area contributed by atoms with Gasteiger partial charge in [-0.25, -0.2) is 8.42 Å². The van der Waals surface area contributed by atoms with Crippen LogP contribution in [0.15, 0.2) is 12.3 Å². The maximum absolute atomic E-state index is 12.3. The number of sulfone groups is 1. The summed E-state index contributed by atoms with van der Waals surface area (Å²) in [6.45, 7) is 5.11. The first-order valence-electron chi connectivity index (χ1n) is 7.85. The Hall–Kier alpha value is -1.37. The lowest BCUT2D eigenvalue weighted by Crippen LogP contribution is -2.40. The van der Waals surface area contributed by atoms with E-state index in [4.69, 9.17) is 0 Å². The molecule has 124 valence electrons. The summed E-state index contributed by atoms with van der Waals surface area (Å²) in [6.07, 6.45) is 3.77. The second-order valence-electron chi connectivity index (χ2n) is 6.45. The number of carbonyl (C=O) groups excluding carboxylic acids is 1. The summed E-state index contributed by atoms with van der Waals surface area (Å²) < 4.78 is 23.8. The third-order valence-electron chi connectivity index (χ3n) is 3.95. The van der Waals surface area contributed by atoms with E-state index in [1.165, 1.54) is 0 Å². The normalized spacial score (nSPS) is 19.6. The van der Waals surface area contributed by atoms with E-state index < -0.39 is 9.84 Å². The van der Waals surface area contributed by atoms with Crippen LogP contribution in [0.1, 0.15) is 44.7 Å². The molecule has 0 bridgehead atoms. The van der Waals surface area contributed by atoms with E-state index in [0.717, 1.165) is 18.5 Å². The van der Waals surface area contributed by atoms with Crippen molar-refractivity contribution >= 4 is 15.7 Å². The summed E-state index contributed by atoms with van der Waals surface area (Å²) in [5, 5.41) is 6.92. The maximum atomic E-state index is 12.3. The van der Waals surface area contributed by atoms with Crippen LogP contribution in [0, 0.1) is 5.92 Å². The number of piperidine rings is 1. The molecule has 0 aliphatic carbocycles. The maximum Gasteiger partial charge on any atom is 0.223 e. The number of aromatic nitrogens is 2. The van der Waals surface area contributed by atoms with Gasteiger partial charge in [0.15, 0.2) is 9.84 Å². The van der Waals surface area contributed by atoms with Gasteiger partial charge in [-0.1, -0.05) is 13.8 Å². The van der Waals surface area contributed by atoms with Gasteiger partial charge in [0.05, 0.1) is 11.5 Å². The van der Waals surface area contributed by atoms with Crippen molar-refractivity contribution in [3.8, 4) is 0 Å². The van der Waals surface area contributed by atoms with E-state index in [9.17, 15) is 13.2 Å². The molecular weight excluding hydrogens is 302 g/mol. The van der Waals surface area contributed by atoms with Crippen LogP contribution in [-0.4, -0.2) is 54.0 Å². The molecule has 1 atom stereocenters. The summed E-state index contributed by atoms with van der Waals surface area (Å²) >= 11 is 0. The van der Waals surface area contributed by atoms with E-state index in [0.29, 0.717) is 13.1 Å². The first-order chi connectivity index (χ1) is 10.4. The molecule has 1 amide bonds. The van der Waals surface area contributed by atoms with Crippen LogP contribution in [0.5, 0.6) is 0 Å². The number of H-pyrrole nitrogens is 1. The second-order valence-corrected chi connectivity index (χ2v) is 8.68. The van der Waals surface area contributed by atoms with E-state index in [2.05, 4.69) is 10.2 Å². The SMILES string of the molecule is CC(C)CS(=O)(=O)CCC(=O)N1CCCC(c2ccn[nH]2)C1. The smallest absolute Gasteiger partial charge is 0.223 e. The van der Waals surface area contributed by atoms with Gasteiger partial charge in [0.2, 0.25) is 5.91 Å². The molecule has 7 heteroatoms. The van der Waals surface area contributed by atoms with Crippen molar-refractivity contribution in [3.63, 3.8) is 0 Å². The van der Waals surface area contributed by atoms with Crippen molar-refractivity contribution in [1.29, 1.82) is 0 Å². The number of hydrogen-bond acceptors (Lipinski definition) is 4. The van der Waals surface area contributed by atoms with Gasteiger partial charge >= 0.3 is 0 Å². The average Bonchev–Trinajstić information content (AvgIpc) is 2.98. The number of aromatic amines is 1. The number of nitrogens with one attached hydrogen (secondary N) is 1. The number of nitrogens with zero attached hydrogens (tertiary/aromatic N) is 2. The highest BCUT2D eigenvalue weighted by molar-refractivity contribution is 7.91. The lowest BCUT2D eigenvalue weighted by molar-refractivity contribution is -0.132. The topological polar surface area (TPSA) is 83.1 Å². The molecule has 0 saturated carbocycles. The highest BCUT2D eigenvalue weighted by Crippen LogP contribution is 2.25. The zero-order valence-electron chi connectivity index (χ0n) is 13.3. The predicted octanol–water partition coefficient (Wildman–Crippen LogP) is 1.58. The fraction of sp³-hybridized carbons (Fsp3) is 0.733. The van der Waals surface area contributed by atoms with Crippen LogP contribution >= 0.6 is 0 Å². The Morgan fingerprint density at radius 1 is 1.50 bits per heavy atom. The molecule has 22 heavy (non-hydrogen) atoms. The Morgan fingerprint density at radius 3 is 2.91 bits per heavy atom. The molecule has 2 rings (SSSR count). The molecule has 1 aliphatic heterocycles. The molecule has 0 spiro atoms. The molecule has 1 aromatic heterocycles. The van der Waals surface area contributed by atoms with E-state index in [1.54, 1.807) is 11.1 Å². The van der Waals surface area contributed by atoms with E-state index in [-0.39, 0.29) is 35.7 Å². The molecule has 1 N–H and O–H groups in total. The minimum atomic E-state index is -3.13. The van der Waals surface area contributed by atoms with Gasteiger partial charge in [0, 0.05) is 37.3 Å². The van der Waals surface area contributed by atoms with Crippen LogP contribution < -0.4 is 0 Å². The van der Waals surface area contributed by atoms with Crippen LogP contribution in [0.4, 0.5) is 0 Å². The number of hydrogen-bond donors (Lipinski definition) is 1. The Balaban J connectivity index is 1.87. The third-order valence-corrected chi connectivity index (χ3v) is 5.95. The van der Waals surface area contributed by atoms with Crippen LogP contribution in [-0.2, 0) is 14.6 Å². The molecule has 1 aliphatic rings. The zero-order valence-corrected chi connectivity index (χ0v) is 14.1. The highest BCUT2D eigenvalue weighted by Gasteiger charge is 2.26. The Morgan fingerprint density at radius 2 is 2.27 bits per heavy atom. The molecular formula is C15H25N3O3S. The zero-order chi connectivity index (χ0) is 16.2. The molecule has 1 aromatic rings. The van der Waals surface area contributed by atoms with Gasteiger partial charge in [-0.05, 0) is 24.8 Å². The van der Waals surface area contributed by atoms with E-state index >= 15 is 0 Å². The largest absolute Gasteiger partial charge is 0.342 e. The van der Waals surface area contributed by atoms with Crippen LogP contribution in [0.25, 0.3) is 0 Å². The standard InChI is InChI=1S/C15H25N3O3S/c1-12(2)11-22(20,21)9-6-15(19)18-8-3-4-13(10-18)14-5-7-16-17-14/h5,7,12-13H,3-4,6,8-11H2,1-2H3,(H,16,17). The van der Waals surface area contributed by atoms with Crippen molar-refractivity contribution in [2.24, 2.45) is 5.92 Å². The minimum Gasteiger partial charge on any atom is -0.342 e. The monoisotopic (exact) mass is 327 g/mol. The summed E-state index contributed by atoms with van der Waals surface area (Å²) in [6, 6.07) is 1.94. The van der Waals surface area contributed by atoms with E-state index in [1.807, 2.05) is 19.9 Å². The van der Waals surface area contributed by atoms with Crippen LogP contribution in [0.3, 0.4) is 0 Å². The van der Waals surface area contributed by atoms with Gasteiger partial charge in [-0.2, -0.15) is 5.10 Å². The molecule has 0 radical (unpaired) electrons. The fourth-order valence-corrected chi connectivity index (χ4v) is 4.61. The quantitative estimate of drug-likeness (QED) is 0.860. The number of likely N-dealkylation sites (tertiary alicyclic amines) is 1. The number of rotatable bonds is 6. The molecule has 2 heterocycles. The Kier molecular flexibility index (Phi) is 5.61. The van der Waals surface area contributed by atoms with Crippen molar-refractivity contribution < 1.29 is 13.2 Å². The molecule has 1 saturated heterocycles. The Bertz CT molecular complexity index is 581. The minimum absolute atomic E-state index is 0.0464. The second kappa shape index (κ2) is 7.26. The summed E-state index contributed by atoms with van der Waals surface area (Å²) in [4.78, 5) is 14.1. The van der Waals surface area contributed by atoms with Crippen molar-refractivity contribution in [2.75, 3.05) is 24.6 Å². The van der Waals surface area contributed by atoms with Gasteiger partial charge in [-0.3, -0.25) is 9.89 Å². The summed E-state index contributed by atoms with van der Waals surface area (Å²) in [5.74, 6) is 0.413. The van der Waals surface area contributed by atoms with Gasteiger partial charge < -0.3 is 4.90 Å². The third kappa shape index (κ3) is 4.83. The fourth-order valence-electron chi connectivity index (χ4n) is 2.94.